The Kier molecular flexibility index (Phi) is 17.6. The van der Waals surface area contributed by atoms with Crippen molar-refractivity contribution in [3.63, 3.8) is 0 Å². The molecule has 4 atom stereocenters. The summed E-state index contributed by atoms with van der Waals surface area (Å²) in [6.45, 7) is 1.51. The summed E-state index contributed by atoms with van der Waals surface area (Å²) >= 11 is 0. The molecule has 2 aliphatic carbocycles. The van der Waals surface area contributed by atoms with E-state index >= 15 is 0 Å². The molecule has 0 radical (unpaired) electrons. The molecule has 16 heteroatoms. The van der Waals surface area contributed by atoms with Crippen LogP contribution in [0.15, 0.2) is 0 Å². The van der Waals surface area contributed by atoms with E-state index in [1.807, 2.05) is 0 Å². The van der Waals surface area contributed by atoms with E-state index in [4.69, 9.17) is 14.3 Å². The lowest BCUT2D eigenvalue weighted by atomic mass is 9.85. The largest absolute Gasteiger partial charge is 0.376 e. The monoisotopic (exact) mass is 611 g/mol. The summed E-state index contributed by atoms with van der Waals surface area (Å²) < 4.78 is 23.8. The first-order chi connectivity index (χ1) is 17.2. The van der Waals surface area contributed by atoms with Crippen LogP contribution < -0.4 is 5.25 Å². The summed E-state index contributed by atoms with van der Waals surface area (Å²) in [5.41, 5.74) is 0. The maximum absolute atomic E-state index is 11.7. The van der Waals surface area contributed by atoms with Crippen LogP contribution in [0.5, 0.6) is 0 Å². The van der Waals surface area contributed by atoms with Crippen LogP contribution in [0.25, 0.3) is 0 Å². The first-order valence-corrected chi connectivity index (χ1v) is 18.8. The molecule has 2 saturated carbocycles. The molecule has 0 spiro atoms. The van der Waals surface area contributed by atoms with Gasteiger partial charge in [0.1, 0.15) is 0 Å². The van der Waals surface area contributed by atoms with Crippen LogP contribution in [0, 0.1) is 11.8 Å². The number of nitrogens with one attached hydrogen (secondary N) is 1. The van der Waals surface area contributed by atoms with Crippen molar-refractivity contribution in [3.05, 3.63) is 0 Å². The van der Waals surface area contributed by atoms with E-state index in [1.54, 1.807) is 4.90 Å². The molecule has 0 saturated heterocycles. The van der Waals surface area contributed by atoms with Crippen LogP contribution in [-0.2, 0) is 13.6 Å². The molecule has 11 nitrogen and oxygen atoms in total. The highest BCUT2D eigenvalue weighted by Crippen LogP contribution is 2.38. The Morgan fingerprint density at radius 2 is 1.44 bits per heavy atom. The fraction of sp³-hybridized carbons (Fsp3) is 1.00. The van der Waals surface area contributed by atoms with Gasteiger partial charge in [-0.15, -0.1) is 14.5 Å². The van der Waals surface area contributed by atoms with Gasteiger partial charge in [-0.1, -0.05) is 0 Å². The van der Waals surface area contributed by atoms with Gasteiger partial charge in [0.15, 0.2) is 17.4 Å². The van der Waals surface area contributed by atoms with Gasteiger partial charge < -0.3 is 33.8 Å². The van der Waals surface area contributed by atoms with Gasteiger partial charge in [0.2, 0.25) is 0 Å². The predicted octanol–water partition coefficient (Wildman–Crippen LogP) is 3.78. The number of nitrogens with zero attached hydrogens (tertiary/aromatic N) is 2. The Morgan fingerprint density at radius 3 is 1.86 bits per heavy atom. The molecule has 6 N–H and O–H groups in total. The first kappa shape index (κ1) is 33.8. The van der Waals surface area contributed by atoms with E-state index in [-0.39, 0.29) is 36.3 Å². The quantitative estimate of drug-likeness (QED) is 0.0991. The number of rotatable bonds is 18. The molecule has 0 aromatic carbocycles. The van der Waals surface area contributed by atoms with Crippen LogP contribution in [0.3, 0.4) is 0 Å². The molecule has 2 aliphatic rings. The molecule has 2 fully saturated rings. The zero-order valence-electron chi connectivity index (χ0n) is 21.0. The van der Waals surface area contributed by atoms with E-state index in [9.17, 15) is 24.1 Å². The van der Waals surface area contributed by atoms with Gasteiger partial charge in [-0.05, 0) is 89.1 Å². The zero-order chi connectivity index (χ0) is 26.4. The van der Waals surface area contributed by atoms with Crippen molar-refractivity contribution in [1.82, 2.24) is 15.1 Å². The molecular formula is C20H46N3O8P5. The molecule has 0 heterocycles. The normalized spacial score (nSPS) is 27.8. The van der Waals surface area contributed by atoms with Crippen molar-refractivity contribution in [2.75, 3.05) is 38.2 Å². The van der Waals surface area contributed by atoms with Gasteiger partial charge in [-0.2, -0.15) is 0 Å². The Labute approximate surface area is 222 Å². The topological polar surface area (TPSA) is 155 Å². The van der Waals surface area contributed by atoms with Crippen LogP contribution in [0.2, 0.25) is 0 Å². The second kappa shape index (κ2) is 18.8. The minimum absolute atomic E-state index is 0.0732. The molecular weight excluding hydrogens is 565 g/mol. The summed E-state index contributed by atoms with van der Waals surface area (Å²) in [5.74, 6) is 1.20. The Hall–Kier alpha value is 1.55. The lowest BCUT2D eigenvalue weighted by molar-refractivity contribution is 0.0904. The fourth-order valence-electron chi connectivity index (χ4n) is 4.97. The summed E-state index contributed by atoms with van der Waals surface area (Å²) in [6, 6.07) is 0. The molecule has 214 valence electrons. The van der Waals surface area contributed by atoms with Gasteiger partial charge in [-0.25, -0.2) is 0 Å². The maximum atomic E-state index is 11.7. The van der Waals surface area contributed by atoms with E-state index < -0.39 is 15.9 Å². The Balaban J connectivity index is 1.54. The molecule has 36 heavy (non-hydrogen) atoms. The van der Waals surface area contributed by atoms with Crippen LogP contribution in [0.4, 0.5) is 0 Å². The van der Waals surface area contributed by atoms with Crippen LogP contribution >= 0.6 is 43.0 Å². The van der Waals surface area contributed by atoms with Crippen molar-refractivity contribution in [2.45, 2.75) is 76.4 Å². The third-order valence-corrected chi connectivity index (χ3v) is 10.9. The van der Waals surface area contributed by atoms with Crippen molar-refractivity contribution in [3.8, 4) is 0 Å². The second-order valence-corrected chi connectivity index (χ2v) is 14.5. The highest BCUT2D eigenvalue weighted by Gasteiger charge is 2.26. The molecule has 2 rings (SSSR count). The highest BCUT2D eigenvalue weighted by atomic mass is 31.2. The second-order valence-electron chi connectivity index (χ2n) is 9.93. The summed E-state index contributed by atoms with van der Waals surface area (Å²) in [5, 5.41) is 10.3. The van der Waals surface area contributed by atoms with Gasteiger partial charge in [-0.3, -0.25) is 14.4 Å². The van der Waals surface area contributed by atoms with E-state index in [2.05, 4.69) is 14.1 Å². The zero-order valence-corrected chi connectivity index (χ0v) is 25.9. The third kappa shape index (κ3) is 14.3. The highest BCUT2D eigenvalue weighted by molar-refractivity contribution is 7.55. The average molecular weight is 611 g/mol. The minimum atomic E-state index is -3.81. The van der Waals surface area contributed by atoms with Gasteiger partial charge in [0.05, 0.1) is 24.8 Å². The summed E-state index contributed by atoms with van der Waals surface area (Å²) in [6.07, 6.45) is 12.2. The Bertz CT molecular complexity index is 628. The fourth-order valence-corrected chi connectivity index (χ4v) is 8.42. The first-order valence-electron chi connectivity index (χ1n) is 12.7. The van der Waals surface area contributed by atoms with Gasteiger partial charge in [0.25, 0.3) is 0 Å². The predicted molar refractivity (Wildman–Crippen MR) is 150 cm³/mol. The van der Waals surface area contributed by atoms with E-state index in [1.165, 1.54) is 5.25 Å². The molecule has 0 aliphatic heterocycles. The van der Waals surface area contributed by atoms with E-state index in [0.717, 1.165) is 77.0 Å². The van der Waals surface area contributed by atoms with Crippen molar-refractivity contribution < 1.29 is 38.4 Å². The molecule has 4 unspecified atom stereocenters. The van der Waals surface area contributed by atoms with Crippen molar-refractivity contribution in [1.29, 1.82) is 0 Å². The van der Waals surface area contributed by atoms with Crippen molar-refractivity contribution in [2.24, 2.45) is 11.8 Å². The summed E-state index contributed by atoms with van der Waals surface area (Å²) in [7, 11) is -3.27. The maximum Gasteiger partial charge on any atom is 0.303 e. The molecule has 0 amide bonds. The molecule has 0 aromatic rings. The molecule has 0 bridgehead atoms. The third-order valence-electron chi connectivity index (χ3n) is 7.15. The summed E-state index contributed by atoms with van der Waals surface area (Å²) in [4.78, 5) is 41.1. The minimum Gasteiger partial charge on any atom is -0.376 e. The van der Waals surface area contributed by atoms with Gasteiger partial charge in [0, 0.05) is 21.4 Å². The average Bonchev–Trinajstić information content (AvgIpc) is 2.86. The van der Waals surface area contributed by atoms with E-state index in [0.29, 0.717) is 31.0 Å². The Morgan fingerprint density at radius 1 is 0.944 bits per heavy atom. The number of hydrogen-bond acceptors (Lipinski definition) is 9. The lowest BCUT2D eigenvalue weighted by Gasteiger charge is -2.32. The smallest absolute Gasteiger partial charge is 0.303 e. The van der Waals surface area contributed by atoms with Crippen molar-refractivity contribution >= 4 is 43.0 Å². The van der Waals surface area contributed by atoms with Crippen LogP contribution in [-0.4, -0.2) is 85.0 Å². The van der Waals surface area contributed by atoms with Crippen LogP contribution in [0.1, 0.15) is 64.2 Å². The molecule has 0 aromatic heterocycles. The lowest BCUT2D eigenvalue weighted by Crippen LogP contribution is -2.30. The number of hydrogen-bond donors (Lipinski definition) is 6. The standard InChI is InChI=1S/C20H46N3O8P5/c24-21-36(28,29)16-23(14-33-25)12-10-18-3-7-20(8-4-18)31-34-30-19-5-1-17(2-6-19)9-11-22(13-32)15-35(26)27/h17-20,24-27,33-34H,1-16,32H2,(H2,21,28,29). The SMILES string of the molecule is O=P(O)(CN(CCC1CCC(OPOC2CCC(CCN(CP)CP(O)O)CC2)CC1)CPO)NO. The van der Waals surface area contributed by atoms with Gasteiger partial charge >= 0.3 is 7.52 Å².